The minimum absolute atomic E-state index is 0.00418. The van der Waals surface area contributed by atoms with Crippen LogP contribution in [0.2, 0.25) is 10.0 Å². The van der Waals surface area contributed by atoms with E-state index in [2.05, 4.69) is 5.32 Å². The third-order valence-corrected chi connectivity index (χ3v) is 9.30. The molecule has 1 unspecified atom stereocenters. The van der Waals surface area contributed by atoms with Gasteiger partial charge in [0.25, 0.3) is 10.0 Å². The second-order valence-corrected chi connectivity index (χ2v) is 12.7. The number of benzene rings is 4. The van der Waals surface area contributed by atoms with E-state index >= 15 is 0 Å². The molecule has 4 aromatic rings. The molecule has 0 heterocycles. The molecule has 0 aliphatic rings. The molecule has 0 spiro atoms. The van der Waals surface area contributed by atoms with Crippen LogP contribution >= 0.6 is 23.2 Å². The third-order valence-electron chi connectivity index (χ3n) is 6.89. The van der Waals surface area contributed by atoms with Crippen LogP contribution in [0.5, 0.6) is 0 Å². The molecule has 10 heteroatoms. The Morgan fingerprint density at radius 1 is 0.860 bits per heavy atom. The first-order valence-electron chi connectivity index (χ1n) is 13.8. The van der Waals surface area contributed by atoms with Crippen LogP contribution in [0.25, 0.3) is 0 Å². The van der Waals surface area contributed by atoms with Gasteiger partial charge in [0.2, 0.25) is 11.8 Å². The molecular weight excluding hydrogens is 605 g/mol. The lowest BCUT2D eigenvalue weighted by atomic mass is 10.0. The van der Waals surface area contributed by atoms with Crippen LogP contribution in [0.4, 0.5) is 5.69 Å². The van der Waals surface area contributed by atoms with Crippen molar-refractivity contribution < 1.29 is 18.0 Å². The van der Waals surface area contributed by atoms with Gasteiger partial charge in [-0.3, -0.25) is 13.9 Å². The molecule has 4 rings (SSSR count). The Morgan fingerprint density at radius 3 is 2.19 bits per heavy atom. The van der Waals surface area contributed by atoms with Gasteiger partial charge in [-0.1, -0.05) is 83.9 Å². The monoisotopic (exact) mass is 637 g/mol. The van der Waals surface area contributed by atoms with E-state index in [0.29, 0.717) is 27.8 Å². The smallest absolute Gasteiger partial charge is 0.264 e. The highest BCUT2D eigenvalue weighted by Crippen LogP contribution is 2.27. The predicted molar refractivity (Wildman–Crippen MR) is 172 cm³/mol. The summed E-state index contributed by atoms with van der Waals surface area (Å²) in [6, 6.07) is 28.2. The zero-order valence-corrected chi connectivity index (χ0v) is 26.2. The molecule has 0 aromatic heterocycles. The SMILES string of the molecule is CCNC(=O)C(Cc1ccccc1)N(Cc1ccccc1Cl)C(=O)CN(c1cccc(C)c1)S(=O)(=O)c1ccc(Cl)cc1. The number of anilines is 1. The molecule has 43 heavy (non-hydrogen) atoms. The van der Waals surface area contributed by atoms with Crippen molar-refractivity contribution in [3.63, 3.8) is 0 Å². The van der Waals surface area contributed by atoms with Gasteiger partial charge < -0.3 is 10.2 Å². The molecule has 7 nitrogen and oxygen atoms in total. The number of likely N-dealkylation sites (N-methyl/N-ethyl adjacent to an activating group) is 1. The van der Waals surface area contributed by atoms with Gasteiger partial charge in [0.05, 0.1) is 10.6 Å². The van der Waals surface area contributed by atoms with Crippen LogP contribution in [0.1, 0.15) is 23.6 Å². The molecule has 0 saturated heterocycles. The van der Waals surface area contributed by atoms with Crippen molar-refractivity contribution >= 4 is 50.7 Å². The van der Waals surface area contributed by atoms with E-state index in [4.69, 9.17) is 23.2 Å². The number of nitrogens with zero attached hydrogens (tertiary/aromatic N) is 2. The van der Waals surface area contributed by atoms with E-state index in [0.717, 1.165) is 15.4 Å². The van der Waals surface area contributed by atoms with Crippen LogP contribution in [0.3, 0.4) is 0 Å². The Hall–Kier alpha value is -3.85. The van der Waals surface area contributed by atoms with Crippen molar-refractivity contribution in [1.29, 1.82) is 0 Å². The van der Waals surface area contributed by atoms with Gasteiger partial charge in [-0.05, 0) is 73.0 Å². The number of hydrogen-bond donors (Lipinski definition) is 1. The summed E-state index contributed by atoms with van der Waals surface area (Å²) in [7, 11) is -4.21. The quantitative estimate of drug-likeness (QED) is 0.198. The number of amides is 2. The van der Waals surface area contributed by atoms with Crippen molar-refractivity contribution in [2.45, 2.75) is 37.8 Å². The zero-order chi connectivity index (χ0) is 31.0. The lowest BCUT2D eigenvalue weighted by Crippen LogP contribution is -2.53. The molecule has 1 atom stereocenters. The van der Waals surface area contributed by atoms with Crippen molar-refractivity contribution in [3.05, 3.63) is 130 Å². The lowest BCUT2D eigenvalue weighted by molar-refractivity contribution is -0.140. The first kappa shape index (κ1) is 32.1. The standard InChI is InChI=1S/C33H33Cl2N3O4S/c1-3-36-33(40)31(21-25-11-5-4-6-12-25)37(22-26-13-7-8-15-30(26)35)32(39)23-38(28-14-9-10-24(2)20-28)43(41,42)29-18-16-27(34)17-19-29/h4-20,31H,3,21-23H2,1-2H3,(H,36,40). The highest BCUT2D eigenvalue weighted by atomic mass is 35.5. The fourth-order valence-electron chi connectivity index (χ4n) is 4.70. The van der Waals surface area contributed by atoms with Crippen molar-refractivity contribution in [3.8, 4) is 0 Å². The molecule has 224 valence electrons. The van der Waals surface area contributed by atoms with E-state index in [1.165, 1.54) is 29.2 Å². The highest BCUT2D eigenvalue weighted by Gasteiger charge is 2.34. The molecule has 0 bridgehead atoms. The van der Waals surface area contributed by atoms with Crippen molar-refractivity contribution in [2.24, 2.45) is 0 Å². The fourth-order valence-corrected chi connectivity index (χ4v) is 6.43. The molecule has 4 aromatic carbocycles. The Morgan fingerprint density at radius 2 is 1.53 bits per heavy atom. The van der Waals surface area contributed by atoms with E-state index in [9.17, 15) is 18.0 Å². The molecule has 2 amide bonds. The average Bonchev–Trinajstić information content (AvgIpc) is 2.99. The van der Waals surface area contributed by atoms with Crippen LogP contribution in [0, 0.1) is 6.92 Å². The summed E-state index contributed by atoms with van der Waals surface area (Å²) in [6.45, 7) is 3.45. The number of carbonyl (C=O) groups excluding carboxylic acids is 2. The van der Waals surface area contributed by atoms with Gasteiger partial charge in [-0.25, -0.2) is 8.42 Å². The number of sulfonamides is 1. The van der Waals surface area contributed by atoms with Crippen LogP contribution in [-0.4, -0.2) is 44.3 Å². The van der Waals surface area contributed by atoms with Crippen LogP contribution in [-0.2, 0) is 32.6 Å². The minimum Gasteiger partial charge on any atom is -0.355 e. The van der Waals surface area contributed by atoms with Gasteiger partial charge in [-0.15, -0.1) is 0 Å². The van der Waals surface area contributed by atoms with Gasteiger partial charge in [0, 0.05) is 29.6 Å². The van der Waals surface area contributed by atoms with Crippen LogP contribution in [0.15, 0.2) is 108 Å². The van der Waals surface area contributed by atoms with Gasteiger partial charge >= 0.3 is 0 Å². The maximum absolute atomic E-state index is 14.4. The van der Waals surface area contributed by atoms with Gasteiger partial charge in [-0.2, -0.15) is 0 Å². The van der Waals surface area contributed by atoms with E-state index in [1.54, 1.807) is 49.4 Å². The number of aryl methyl sites for hydroxylation is 1. The van der Waals surface area contributed by atoms with Crippen LogP contribution < -0.4 is 9.62 Å². The second-order valence-electron chi connectivity index (χ2n) is 10.0. The predicted octanol–water partition coefficient (Wildman–Crippen LogP) is 6.27. The number of hydrogen-bond acceptors (Lipinski definition) is 4. The summed E-state index contributed by atoms with van der Waals surface area (Å²) in [5.74, 6) is -0.916. The largest absolute Gasteiger partial charge is 0.355 e. The number of rotatable bonds is 12. The zero-order valence-electron chi connectivity index (χ0n) is 23.9. The average molecular weight is 639 g/mol. The Balaban J connectivity index is 1.80. The molecule has 0 aliphatic carbocycles. The first-order chi connectivity index (χ1) is 20.6. The van der Waals surface area contributed by atoms with E-state index in [1.807, 2.05) is 43.3 Å². The van der Waals surface area contributed by atoms with Gasteiger partial charge in [0.1, 0.15) is 12.6 Å². The summed E-state index contributed by atoms with van der Waals surface area (Å²) in [5.41, 5.74) is 2.61. The highest BCUT2D eigenvalue weighted by molar-refractivity contribution is 7.92. The summed E-state index contributed by atoms with van der Waals surface area (Å²) >= 11 is 12.5. The van der Waals surface area contributed by atoms with Crippen molar-refractivity contribution in [1.82, 2.24) is 10.2 Å². The number of carbonyl (C=O) groups is 2. The molecule has 0 aliphatic heterocycles. The minimum atomic E-state index is -4.21. The summed E-state index contributed by atoms with van der Waals surface area (Å²) < 4.78 is 29.1. The summed E-state index contributed by atoms with van der Waals surface area (Å²) in [5, 5.41) is 3.66. The number of nitrogens with one attached hydrogen (secondary N) is 1. The Labute approximate surface area is 263 Å². The fraction of sp³-hybridized carbons (Fsp3) is 0.212. The topological polar surface area (TPSA) is 86.8 Å². The molecule has 0 saturated carbocycles. The Bertz CT molecular complexity index is 1670. The molecule has 1 N–H and O–H groups in total. The molecule has 0 radical (unpaired) electrons. The molecular formula is C33H33Cl2N3O4S. The molecule has 0 fully saturated rings. The normalized spacial score (nSPS) is 11.9. The number of halogens is 2. The second kappa shape index (κ2) is 14.6. The van der Waals surface area contributed by atoms with Gasteiger partial charge in [0.15, 0.2) is 0 Å². The van der Waals surface area contributed by atoms with E-state index in [-0.39, 0.29) is 23.8 Å². The Kier molecular flexibility index (Phi) is 10.9. The summed E-state index contributed by atoms with van der Waals surface area (Å²) in [4.78, 5) is 29.3. The maximum atomic E-state index is 14.4. The van der Waals surface area contributed by atoms with E-state index < -0.39 is 28.5 Å². The first-order valence-corrected chi connectivity index (χ1v) is 16.0. The maximum Gasteiger partial charge on any atom is 0.264 e. The van der Waals surface area contributed by atoms with Crippen molar-refractivity contribution in [2.75, 3.05) is 17.4 Å². The third kappa shape index (κ3) is 8.16. The lowest BCUT2D eigenvalue weighted by Gasteiger charge is -2.34. The summed E-state index contributed by atoms with van der Waals surface area (Å²) in [6.07, 6.45) is 0.219.